The summed E-state index contributed by atoms with van der Waals surface area (Å²) in [5.74, 6) is 0. The third kappa shape index (κ3) is 11.1. The zero-order valence-corrected chi connectivity index (χ0v) is 17.6. The van der Waals surface area contributed by atoms with Crippen molar-refractivity contribution in [2.24, 2.45) is 0 Å². The van der Waals surface area contributed by atoms with E-state index in [2.05, 4.69) is 50.3 Å². The molecule has 0 aromatic heterocycles. The number of allylic oxidation sites excluding steroid dienone is 8. The Balaban J connectivity index is 0. The second-order valence-electron chi connectivity index (χ2n) is 5.04. The molecule has 0 unspecified atom stereocenters. The minimum Gasteiger partial charge on any atom is -0.107 e. The summed E-state index contributed by atoms with van der Waals surface area (Å²) < 4.78 is 0. The molecule has 0 heterocycles. The summed E-state index contributed by atoms with van der Waals surface area (Å²) in [4.78, 5) is 0. The molecule has 0 N–H and O–H groups in total. The fourth-order valence-electron chi connectivity index (χ4n) is 2.15. The lowest BCUT2D eigenvalue weighted by molar-refractivity contribution is 0.798. The van der Waals surface area contributed by atoms with E-state index in [1.807, 2.05) is 0 Å². The highest BCUT2D eigenvalue weighted by molar-refractivity contribution is 14.0. The molecule has 0 radical (unpaired) electrons. The average molecular weight is 500 g/mol. The molecule has 2 aliphatic rings. The first-order valence-corrected chi connectivity index (χ1v) is 7.58. The van der Waals surface area contributed by atoms with Gasteiger partial charge in [0.25, 0.3) is 0 Å². The fraction of sp³-hybridized carbons (Fsp3) is 0.556. The van der Waals surface area contributed by atoms with Crippen molar-refractivity contribution in [3.63, 3.8) is 0 Å². The van der Waals surface area contributed by atoms with Crippen LogP contribution >= 0.6 is 48.0 Å². The highest BCUT2D eigenvalue weighted by atomic mass is 127. The van der Waals surface area contributed by atoms with Crippen LogP contribution in [0.5, 0.6) is 0 Å². The van der Waals surface area contributed by atoms with E-state index in [4.69, 9.17) is 0 Å². The third-order valence-corrected chi connectivity index (χ3v) is 3.33. The van der Waals surface area contributed by atoms with Gasteiger partial charge in [-0.05, 0) is 38.5 Å². The lowest BCUT2D eigenvalue weighted by atomic mass is 10.1. The van der Waals surface area contributed by atoms with Gasteiger partial charge in [0.05, 0.1) is 0 Å². The zero-order chi connectivity index (χ0) is 13.1. The molecule has 0 atom stereocenters. The highest BCUT2D eigenvalue weighted by Crippen LogP contribution is 2.15. The molecule has 0 aromatic rings. The largest absolute Gasteiger partial charge is 0.107 e. The third-order valence-electron chi connectivity index (χ3n) is 3.33. The van der Waals surface area contributed by atoms with Crippen LogP contribution in [-0.4, -0.2) is 0 Å². The maximum absolute atomic E-state index is 2.32. The molecule has 0 spiro atoms. The van der Waals surface area contributed by atoms with E-state index in [-0.39, 0.29) is 48.0 Å². The van der Waals surface area contributed by atoms with Gasteiger partial charge in [0, 0.05) is 0 Å². The first kappa shape index (κ1) is 22.7. The SMILES string of the molecule is CCCCC1=CCC=C1.CCCCC1=CCC=C1.I.I. The van der Waals surface area contributed by atoms with Crippen molar-refractivity contribution >= 4 is 48.0 Å². The second kappa shape index (κ2) is 15.8. The molecular weight excluding hydrogens is 470 g/mol. The molecule has 0 amide bonds. The Labute approximate surface area is 159 Å². The smallest absolute Gasteiger partial charge is 0.0160 e. The molecule has 0 nitrogen and oxygen atoms in total. The van der Waals surface area contributed by atoms with Gasteiger partial charge in [-0.3, -0.25) is 0 Å². The van der Waals surface area contributed by atoms with E-state index in [1.54, 1.807) is 0 Å². The highest BCUT2D eigenvalue weighted by Gasteiger charge is 1.95. The Hall–Kier alpha value is 0.420. The predicted octanol–water partition coefficient (Wildman–Crippen LogP) is 7.36. The van der Waals surface area contributed by atoms with E-state index in [1.165, 1.54) is 62.5 Å². The van der Waals surface area contributed by atoms with Crippen LogP contribution in [0.15, 0.2) is 47.6 Å². The summed E-state index contributed by atoms with van der Waals surface area (Å²) in [6.07, 6.45) is 23.8. The summed E-state index contributed by atoms with van der Waals surface area (Å²) in [5.41, 5.74) is 3.08. The number of hydrogen-bond acceptors (Lipinski definition) is 0. The van der Waals surface area contributed by atoms with Crippen LogP contribution in [0.1, 0.15) is 65.2 Å². The number of rotatable bonds is 6. The molecule has 0 saturated heterocycles. The quantitative estimate of drug-likeness (QED) is 0.335. The van der Waals surface area contributed by atoms with E-state index >= 15 is 0 Å². The second-order valence-corrected chi connectivity index (χ2v) is 5.04. The lowest BCUT2D eigenvalue weighted by Gasteiger charge is -1.94. The monoisotopic (exact) mass is 500 g/mol. The normalized spacial score (nSPS) is 14.7. The van der Waals surface area contributed by atoms with Gasteiger partial charge >= 0.3 is 0 Å². The minimum absolute atomic E-state index is 0. The Kier molecular flexibility index (Phi) is 17.9. The molecular formula is C18H30I2. The predicted molar refractivity (Wildman–Crippen MR) is 114 cm³/mol. The molecule has 20 heavy (non-hydrogen) atoms. The first-order valence-electron chi connectivity index (χ1n) is 7.58. The number of unbranched alkanes of at least 4 members (excludes halogenated alkanes) is 2. The van der Waals surface area contributed by atoms with Gasteiger partial charge in [-0.15, -0.1) is 48.0 Å². The van der Waals surface area contributed by atoms with Gasteiger partial charge in [0.1, 0.15) is 0 Å². The van der Waals surface area contributed by atoms with E-state index < -0.39 is 0 Å². The topological polar surface area (TPSA) is 0 Å². The van der Waals surface area contributed by atoms with Gasteiger partial charge in [0.15, 0.2) is 0 Å². The summed E-state index contributed by atoms with van der Waals surface area (Å²) in [7, 11) is 0. The van der Waals surface area contributed by atoms with Crippen LogP contribution in [0.2, 0.25) is 0 Å². The fourth-order valence-corrected chi connectivity index (χ4v) is 2.15. The Bertz CT molecular complexity index is 301. The molecule has 2 rings (SSSR count). The van der Waals surface area contributed by atoms with Crippen molar-refractivity contribution in [2.75, 3.05) is 0 Å². The molecule has 2 aliphatic carbocycles. The van der Waals surface area contributed by atoms with Gasteiger partial charge in [-0.1, -0.05) is 74.3 Å². The van der Waals surface area contributed by atoms with E-state index in [0.29, 0.717) is 0 Å². The zero-order valence-electron chi connectivity index (χ0n) is 12.9. The molecule has 0 aliphatic heterocycles. The Morgan fingerprint density at radius 2 is 1.15 bits per heavy atom. The summed E-state index contributed by atoms with van der Waals surface area (Å²) >= 11 is 0. The van der Waals surface area contributed by atoms with Crippen molar-refractivity contribution in [1.82, 2.24) is 0 Å². The molecule has 2 heteroatoms. The van der Waals surface area contributed by atoms with Crippen LogP contribution in [0.4, 0.5) is 0 Å². The van der Waals surface area contributed by atoms with Crippen LogP contribution < -0.4 is 0 Å². The van der Waals surface area contributed by atoms with Crippen LogP contribution in [0, 0.1) is 0 Å². The molecule has 0 aromatic carbocycles. The number of hydrogen-bond donors (Lipinski definition) is 0. The van der Waals surface area contributed by atoms with Gasteiger partial charge in [-0.25, -0.2) is 0 Å². The van der Waals surface area contributed by atoms with Crippen molar-refractivity contribution in [2.45, 2.75) is 65.2 Å². The van der Waals surface area contributed by atoms with Crippen molar-refractivity contribution in [1.29, 1.82) is 0 Å². The van der Waals surface area contributed by atoms with Gasteiger partial charge < -0.3 is 0 Å². The van der Waals surface area contributed by atoms with Crippen molar-refractivity contribution in [3.8, 4) is 0 Å². The number of halogens is 2. The summed E-state index contributed by atoms with van der Waals surface area (Å²) in [6.45, 7) is 4.47. The average Bonchev–Trinajstić information content (AvgIpc) is 3.07. The van der Waals surface area contributed by atoms with Gasteiger partial charge in [0.2, 0.25) is 0 Å². The van der Waals surface area contributed by atoms with Gasteiger partial charge in [-0.2, -0.15) is 0 Å². The molecule has 0 saturated carbocycles. The lowest BCUT2D eigenvalue weighted by Crippen LogP contribution is -1.74. The molecule has 116 valence electrons. The summed E-state index contributed by atoms with van der Waals surface area (Å²) in [5, 5.41) is 0. The van der Waals surface area contributed by atoms with Crippen molar-refractivity contribution < 1.29 is 0 Å². The van der Waals surface area contributed by atoms with E-state index in [0.717, 1.165) is 0 Å². The maximum atomic E-state index is 2.32. The van der Waals surface area contributed by atoms with Crippen molar-refractivity contribution in [3.05, 3.63) is 47.6 Å². The minimum atomic E-state index is 0. The maximum Gasteiger partial charge on any atom is -0.0160 e. The van der Waals surface area contributed by atoms with Crippen LogP contribution in [-0.2, 0) is 0 Å². The van der Waals surface area contributed by atoms with Crippen LogP contribution in [0.3, 0.4) is 0 Å². The van der Waals surface area contributed by atoms with Crippen LogP contribution in [0.25, 0.3) is 0 Å². The molecule has 0 bridgehead atoms. The Morgan fingerprint density at radius 1 is 0.750 bits per heavy atom. The summed E-state index contributed by atoms with van der Waals surface area (Å²) in [6, 6.07) is 0. The van der Waals surface area contributed by atoms with E-state index in [9.17, 15) is 0 Å². The Morgan fingerprint density at radius 3 is 1.40 bits per heavy atom. The molecule has 0 fully saturated rings. The first-order chi connectivity index (χ1) is 8.86. The standard InChI is InChI=1S/2C9H14.2HI/c2*1-2-3-6-9-7-4-5-8-9;;/h2*4,7-8H,2-3,5-6H2,1H3;2*1H.